The van der Waals surface area contributed by atoms with Crippen molar-refractivity contribution < 1.29 is 5.11 Å². The zero-order valence-electron chi connectivity index (χ0n) is 18.9. The Morgan fingerprint density at radius 3 is 2.12 bits per heavy atom. The van der Waals surface area contributed by atoms with Crippen LogP contribution in [0, 0.1) is 0 Å². The SMILES string of the molecule is NC(=S)N=Nc1c(O)n(CN(Cc2ccccc2)Cc2ccccc2)c2cc3c(cc12)CCC3. The van der Waals surface area contributed by atoms with Gasteiger partial charge in [-0.3, -0.25) is 9.47 Å². The molecule has 34 heavy (non-hydrogen) atoms. The molecule has 7 heteroatoms. The van der Waals surface area contributed by atoms with Crippen LogP contribution in [0.15, 0.2) is 83.0 Å². The number of azo groups is 1. The zero-order valence-corrected chi connectivity index (χ0v) is 19.7. The summed E-state index contributed by atoms with van der Waals surface area (Å²) in [5.41, 5.74) is 12.0. The molecule has 0 saturated heterocycles. The highest BCUT2D eigenvalue weighted by molar-refractivity contribution is 7.80. The highest BCUT2D eigenvalue weighted by atomic mass is 32.1. The number of nitrogens with zero attached hydrogens (tertiary/aromatic N) is 4. The first kappa shape index (κ1) is 22.3. The first-order chi connectivity index (χ1) is 16.6. The van der Waals surface area contributed by atoms with Crippen LogP contribution < -0.4 is 5.73 Å². The normalized spacial score (nSPS) is 13.2. The topological polar surface area (TPSA) is 79.1 Å². The molecule has 0 unspecified atom stereocenters. The number of rotatable bonds is 7. The van der Waals surface area contributed by atoms with E-state index in [9.17, 15) is 5.11 Å². The molecule has 1 aromatic heterocycles. The van der Waals surface area contributed by atoms with Gasteiger partial charge in [0.2, 0.25) is 11.0 Å². The number of aromatic nitrogens is 1. The van der Waals surface area contributed by atoms with Gasteiger partial charge >= 0.3 is 0 Å². The maximum atomic E-state index is 11.3. The predicted octanol–water partition coefficient (Wildman–Crippen LogP) is 5.82. The molecular formula is C27H27N5OS. The summed E-state index contributed by atoms with van der Waals surface area (Å²) in [4.78, 5) is 2.31. The smallest absolute Gasteiger partial charge is 0.221 e. The van der Waals surface area contributed by atoms with Crippen molar-refractivity contribution in [2.24, 2.45) is 16.0 Å². The molecule has 0 radical (unpaired) electrons. The summed E-state index contributed by atoms with van der Waals surface area (Å²) in [5.74, 6) is 0.0739. The molecule has 0 aliphatic heterocycles. The molecular weight excluding hydrogens is 442 g/mol. The number of hydrogen-bond donors (Lipinski definition) is 2. The van der Waals surface area contributed by atoms with E-state index < -0.39 is 0 Å². The number of fused-ring (bicyclic) bond motifs is 2. The molecule has 4 aromatic rings. The van der Waals surface area contributed by atoms with Gasteiger partial charge in [0.15, 0.2) is 5.69 Å². The molecule has 0 fully saturated rings. The van der Waals surface area contributed by atoms with Crippen LogP contribution in [0.3, 0.4) is 0 Å². The molecule has 0 amide bonds. The lowest BCUT2D eigenvalue weighted by Crippen LogP contribution is -2.25. The second-order valence-electron chi connectivity index (χ2n) is 8.73. The van der Waals surface area contributed by atoms with Gasteiger partial charge in [-0.15, -0.1) is 10.2 Å². The monoisotopic (exact) mass is 469 g/mol. The van der Waals surface area contributed by atoms with E-state index in [4.69, 9.17) is 18.0 Å². The quantitative estimate of drug-likeness (QED) is 0.264. The molecule has 172 valence electrons. The van der Waals surface area contributed by atoms with E-state index in [-0.39, 0.29) is 11.0 Å². The number of benzene rings is 3. The Bertz CT molecular complexity index is 1310. The van der Waals surface area contributed by atoms with Crippen LogP contribution in [0.4, 0.5) is 5.69 Å². The van der Waals surface area contributed by atoms with Crippen molar-refractivity contribution in [3.05, 3.63) is 95.1 Å². The highest BCUT2D eigenvalue weighted by Crippen LogP contribution is 2.42. The molecule has 0 bridgehead atoms. The zero-order chi connectivity index (χ0) is 23.5. The van der Waals surface area contributed by atoms with Crippen molar-refractivity contribution >= 4 is 33.9 Å². The van der Waals surface area contributed by atoms with Crippen molar-refractivity contribution in [3.8, 4) is 5.88 Å². The first-order valence-electron chi connectivity index (χ1n) is 11.5. The van der Waals surface area contributed by atoms with Gasteiger partial charge in [0.1, 0.15) is 0 Å². The molecule has 5 rings (SSSR count). The summed E-state index contributed by atoms with van der Waals surface area (Å²) >= 11 is 4.88. The van der Waals surface area contributed by atoms with E-state index in [1.807, 2.05) is 16.7 Å². The Labute approximate surface area is 204 Å². The third kappa shape index (κ3) is 4.71. The van der Waals surface area contributed by atoms with Gasteiger partial charge in [-0.05, 0) is 65.9 Å². The van der Waals surface area contributed by atoms with Gasteiger partial charge in [-0.1, -0.05) is 60.7 Å². The molecule has 0 spiro atoms. The van der Waals surface area contributed by atoms with Gasteiger partial charge < -0.3 is 10.8 Å². The standard InChI is InChI=1S/C27H27N5OS/c28-27(34)30-29-25-23-14-21-12-7-13-22(21)15-24(23)32(26(25)33)18-31(16-19-8-3-1-4-9-19)17-20-10-5-2-6-11-20/h1-6,8-11,14-15,33H,7,12-13,16-18H2,(H2,28,34). The van der Waals surface area contributed by atoms with E-state index in [1.54, 1.807) is 0 Å². The lowest BCUT2D eigenvalue weighted by Gasteiger charge is -2.24. The molecule has 0 atom stereocenters. The van der Waals surface area contributed by atoms with Gasteiger partial charge in [0.25, 0.3) is 0 Å². The van der Waals surface area contributed by atoms with Gasteiger partial charge in [0, 0.05) is 18.5 Å². The van der Waals surface area contributed by atoms with Gasteiger partial charge in [-0.25, -0.2) is 0 Å². The Morgan fingerprint density at radius 1 is 0.941 bits per heavy atom. The van der Waals surface area contributed by atoms with Gasteiger partial charge in [-0.2, -0.15) is 0 Å². The van der Waals surface area contributed by atoms with Crippen molar-refractivity contribution in [1.29, 1.82) is 0 Å². The van der Waals surface area contributed by atoms with Gasteiger partial charge in [0.05, 0.1) is 12.2 Å². The summed E-state index contributed by atoms with van der Waals surface area (Å²) in [7, 11) is 0. The minimum atomic E-state index is -0.0590. The van der Waals surface area contributed by atoms with Crippen LogP contribution in [0.1, 0.15) is 28.7 Å². The first-order valence-corrected chi connectivity index (χ1v) is 11.9. The fourth-order valence-corrected chi connectivity index (χ4v) is 4.81. The average Bonchev–Trinajstić information content (AvgIpc) is 3.39. The number of aromatic hydroxyl groups is 1. The number of aryl methyl sites for hydroxylation is 2. The summed E-state index contributed by atoms with van der Waals surface area (Å²) in [5, 5.41) is 20.2. The Kier molecular flexibility index (Phi) is 6.38. The van der Waals surface area contributed by atoms with E-state index >= 15 is 0 Å². The van der Waals surface area contributed by atoms with Crippen LogP contribution in [0.5, 0.6) is 5.88 Å². The third-order valence-corrected chi connectivity index (χ3v) is 6.39. The number of thiocarbonyl (C=S) groups is 1. The minimum absolute atomic E-state index is 0.0590. The largest absolute Gasteiger partial charge is 0.493 e. The van der Waals surface area contributed by atoms with E-state index in [2.05, 4.69) is 75.8 Å². The van der Waals surface area contributed by atoms with Crippen molar-refractivity contribution in [1.82, 2.24) is 9.47 Å². The highest BCUT2D eigenvalue weighted by Gasteiger charge is 2.22. The fourth-order valence-electron chi connectivity index (χ4n) is 4.77. The van der Waals surface area contributed by atoms with Crippen LogP contribution in [0.25, 0.3) is 10.9 Å². The van der Waals surface area contributed by atoms with Crippen molar-refractivity contribution in [2.45, 2.75) is 39.0 Å². The molecule has 3 aromatic carbocycles. The summed E-state index contributed by atoms with van der Waals surface area (Å²) in [6.07, 6.45) is 3.24. The van der Waals surface area contributed by atoms with Crippen molar-refractivity contribution in [2.75, 3.05) is 0 Å². The van der Waals surface area contributed by atoms with E-state index in [0.29, 0.717) is 12.4 Å². The van der Waals surface area contributed by atoms with E-state index in [1.165, 1.54) is 22.3 Å². The lowest BCUT2D eigenvalue weighted by atomic mass is 10.1. The second-order valence-corrected chi connectivity index (χ2v) is 9.15. The molecule has 3 N–H and O–H groups in total. The molecule has 1 aliphatic carbocycles. The van der Waals surface area contributed by atoms with Crippen molar-refractivity contribution in [3.63, 3.8) is 0 Å². The van der Waals surface area contributed by atoms with Crippen LogP contribution in [0.2, 0.25) is 0 Å². The summed E-state index contributed by atoms with van der Waals surface area (Å²) < 4.78 is 1.92. The van der Waals surface area contributed by atoms with Crippen LogP contribution in [-0.4, -0.2) is 19.7 Å². The van der Waals surface area contributed by atoms with Crippen LogP contribution in [-0.2, 0) is 32.6 Å². The molecule has 1 aliphatic rings. The molecule has 6 nitrogen and oxygen atoms in total. The predicted molar refractivity (Wildman–Crippen MR) is 139 cm³/mol. The maximum absolute atomic E-state index is 11.3. The Balaban J connectivity index is 1.57. The Morgan fingerprint density at radius 2 is 1.53 bits per heavy atom. The summed E-state index contributed by atoms with van der Waals surface area (Å²) in [6, 6.07) is 25.1. The maximum Gasteiger partial charge on any atom is 0.221 e. The number of hydrogen-bond acceptors (Lipinski definition) is 4. The fraction of sp³-hybridized carbons (Fsp3) is 0.222. The summed E-state index contributed by atoms with van der Waals surface area (Å²) in [6.45, 7) is 1.97. The number of nitrogens with two attached hydrogens (primary N) is 1. The molecule has 1 heterocycles. The average molecular weight is 470 g/mol. The minimum Gasteiger partial charge on any atom is -0.493 e. The lowest BCUT2D eigenvalue weighted by molar-refractivity contribution is 0.194. The second kappa shape index (κ2) is 9.75. The molecule has 0 saturated carbocycles. The van der Waals surface area contributed by atoms with Crippen LogP contribution >= 0.6 is 12.2 Å². The Hall–Kier alpha value is -3.55. The third-order valence-electron chi connectivity index (χ3n) is 6.31. The van der Waals surface area contributed by atoms with E-state index in [0.717, 1.165) is 43.3 Å².